The van der Waals surface area contributed by atoms with Gasteiger partial charge < -0.3 is 10.4 Å². The predicted molar refractivity (Wildman–Crippen MR) is 74.4 cm³/mol. The lowest BCUT2D eigenvalue weighted by atomic mass is 10.2. The molecule has 92 valence electrons. The van der Waals surface area contributed by atoms with E-state index in [0.717, 1.165) is 30.9 Å². The molecule has 1 unspecified atom stereocenters. The molecule has 2 N–H and O–H groups in total. The summed E-state index contributed by atoms with van der Waals surface area (Å²) in [6.07, 6.45) is 2.05. The third kappa shape index (κ3) is 5.34. The number of aliphatic hydroxyl groups is 1. The van der Waals surface area contributed by atoms with Crippen LogP contribution in [0.3, 0.4) is 0 Å². The highest BCUT2D eigenvalue weighted by atomic mass is 32.2. The molecule has 0 amide bonds. The van der Waals surface area contributed by atoms with Crippen molar-refractivity contribution in [3.8, 4) is 0 Å². The number of aliphatic hydroxyl groups excluding tert-OH is 1. The third-order valence-corrected chi connectivity index (χ3v) is 4.43. The first-order chi connectivity index (χ1) is 7.88. The second kappa shape index (κ2) is 9.05. The van der Waals surface area contributed by atoms with Crippen LogP contribution in [0.2, 0.25) is 0 Å². The van der Waals surface area contributed by atoms with Gasteiger partial charge in [0.2, 0.25) is 0 Å². The van der Waals surface area contributed by atoms with E-state index in [4.69, 9.17) is 5.11 Å². The summed E-state index contributed by atoms with van der Waals surface area (Å²) in [5, 5.41) is 14.4. The Balaban J connectivity index is 2.11. The third-order valence-electron chi connectivity index (χ3n) is 2.38. The molecule has 0 aromatic carbocycles. The molecule has 0 saturated carbocycles. The van der Waals surface area contributed by atoms with Crippen molar-refractivity contribution in [3.05, 3.63) is 22.4 Å². The van der Waals surface area contributed by atoms with E-state index in [0.29, 0.717) is 12.6 Å². The van der Waals surface area contributed by atoms with E-state index in [-0.39, 0.29) is 0 Å². The lowest BCUT2D eigenvalue weighted by molar-refractivity contribution is 0.296. The Bertz CT molecular complexity index is 252. The lowest BCUT2D eigenvalue weighted by Crippen LogP contribution is -2.22. The SMILES string of the molecule is CCC(NCCSCCCO)c1cccs1. The Labute approximate surface area is 106 Å². The summed E-state index contributed by atoms with van der Waals surface area (Å²) in [7, 11) is 0. The molecule has 2 nitrogen and oxygen atoms in total. The normalized spacial score (nSPS) is 12.9. The molecule has 0 bridgehead atoms. The van der Waals surface area contributed by atoms with E-state index in [9.17, 15) is 0 Å². The minimum Gasteiger partial charge on any atom is -0.396 e. The molecular formula is C12H21NOS2. The highest BCUT2D eigenvalue weighted by Crippen LogP contribution is 2.21. The van der Waals surface area contributed by atoms with Gasteiger partial charge >= 0.3 is 0 Å². The van der Waals surface area contributed by atoms with Crippen LogP contribution in [0.25, 0.3) is 0 Å². The van der Waals surface area contributed by atoms with Gasteiger partial charge in [0.15, 0.2) is 0 Å². The first-order valence-electron chi connectivity index (χ1n) is 5.84. The van der Waals surface area contributed by atoms with Crippen molar-refractivity contribution in [2.24, 2.45) is 0 Å². The Hall–Kier alpha value is -0.0300. The molecule has 1 aromatic rings. The van der Waals surface area contributed by atoms with Crippen LogP contribution in [0, 0.1) is 0 Å². The second-order valence-electron chi connectivity index (χ2n) is 3.62. The van der Waals surface area contributed by atoms with E-state index in [1.54, 1.807) is 0 Å². The maximum absolute atomic E-state index is 8.65. The summed E-state index contributed by atoms with van der Waals surface area (Å²) < 4.78 is 0. The standard InChI is InChI=1S/C12H21NOS2/c1-2-11(12-5-3-9-16-12)13-6-10-15-8-4-7-14/h3,5,9,11,13-14H,2,4,6-8,10H2,1H3. The topological polar surface area (TPSA) is 32.3 Å². The average Bonchev–Trinajstić information content (AvgIpc) is 2.82. The lowest BCUT2D eigenvalue weighted by Gasteiger charge is -2.15. The van der Waals surface area contributed by atoms with Crippen LogP contribution in [0.5, 0.6) is 0 Å². The predicted octanol–water partition coefficient (Wildman–Crippen LogP) is 2.90. The zero-order valence-corrected chi connectivity index (χ0v) is 11.4. The first-order valence-corrected chi connectivity index (χ1v) is 7.87. The molecule has 0 aliphatic rings. The molecule has 0 spiro atoms. The van der Waals surface area contributed by atoms with Crippen molar-refractivity contribution in [3.63, 3.8) is 0 Å². The summed E-state index contributed by atoms with van der Waals surface area (Å²) >= 11 is 3.73. The number of hydrogen-bond donors (Lipinski definition) is 2. The summed E-state index contributed by atoms with van der Waals surface area (Å²) in [4.78, 5) is 1.43. The molecule has 0 aliphatic carbocycles. The number of nitrogens with one attached hydrogen (secondary N) is 1. The highest BCUT2D eigenvalue weighted by Gasteiger charge is 2.08. The molecule has 1 heterocycles. The van der Waals surface area contributed by atoms with Crippen molar-refractivity contribution in [2.75, 3.05) is 24.7 Å². The van der Waals surface area contributed by atoms with Crippen molar-refractivity contribution < 1.29 is 5.11 Å². The van der Waals surface area contributed by atoms with Crippen LogP contribution in [0.1, 0.15) is 30.7 Å². The van der Waals surface area contributed by atoms with E-state index in [2.05, 4.69) is 29.8 Å². The van der Waals surface area contributed by atoms with Crippen LogP contribution >= 0.6 is 23.1 Å². The maximum atomic E-state index is 8.65. The van der Waals surface area contributed by atoms with Gasteiger partial charge in [0.1, 0.15) is 0 Å². The molecular weight excluding hydrogens is 238 g/mol. The van der Waals surface area contributed by atoms with Crippen molar-refractivity contribution in [1.82, 2.24) is 5.32 Å². The van der Waals surface area contributed by atoms with Gasteiger partial charge in [-0.05, 0) is 30.0 Å². The van der Waals surface area contributed by atoms with Crippen molar-refractivity contribution >= 4 is 23.1 Å². The zero-order valence-electron chi connectivity index (χ0n) is 9.82. The fourth-order valence-electron chi connectivity index (χ4n) is 1.51. The molecule has 1 aromatic heterocycles. The monoisotopic (exact) mass is 259 g/mol. The fraction of sp³-hybridized carbons (Fsp3) is 0.667. The van der Waals surface area contributed by atoms with Crippen LogP contribution in [-0.2, 0) is 0 Å². The minimum atomic E-state index is 0.313. The Kier molecular flexibility index (Phi) is 7.93. The Morgan fingerprint density at radius 1 is 1.50 bits per heavy atom. The summed E-state index contributed by atoms with van der Waals surface area (Å²) in [6.45, 7) is 3.58. The van der Waals surface area contributed by atoms with Gasteiger partial charge in [-0.15, -0.1) is 11.3 Å². The van der Waals surface area contributed by atoms with Gasteiger partial charge in [0.25, 0.3) is 0 Å². The van der Waals surface area contributed by atoms with Gasteiger partial charge in [0.05, 0.1) is 0 Å². The van der Waals surface area contributed by atoms with Crippen molar-refractivity contribution in [2.45, 2.75) is 25.8 Å². The average molecular weight is 259 g/mol. The fourth-order valence-corrected chi connectivity index (χ4v) is 3.19. The summed E-state index contributed by atoms with van der Waals surface area (Å²) in [5.41, 5.74) is 0. The summed E-state index contributed by atoms with van der Waals surface area (Å²) in [5.74, 6) is 2.19. The van der Waals surface area contributed by atoms with Crippen LogP contribution < -0.4 is 5.32 Å². The Morgan fingerprint density at radius 3 is 3.00 bits per heavy atom. The molecule has 0 radical (unpaired) electrons. The molecule has 16 heavy (non-hydrogen) atoms. The molecule has 0 fully saturated rings. The maximum Gasteiger partial charge on any atom is 0.0438 e. The summed E-state index contributed by atoms with van der Waals surface area (Å²) in [6, 6.07) is 4.82. The van der Waals surface area contributed by atoms with Gasteiger partial charge in [-0.3, -0.25) is 0 Å². The number of thioether (sulfide) groups is 1. The molecule has 0 aliphatic heterocycles. The van der Waals surface area contributed by atoms with Crippen molar-refractivity contribution in [1.29, 1.82) is 0 Å². The van der Waals surface area contributed by atoms with Crippen LogP contribution in [0.4, 0.5) is 0 Å². The minimum absolute atomic E-state index is 0.313. The van der Waals surface area contributed by atoms with E-state index in [1.165, 1.54) is 4.88 Å². The molecule has 1 rings (SSSR count). The first kappa shape index (κ1) is 14.0. The van der Waals surface area contributed by atoms with E-state index >= 15 is 0 Å². The number of hydrogen-bond acceptors (Lipinski definition) is 4. The highest BCUT2D eigenvalue weighted by molar-refractivity contribution is 7.99. The van der Waals surface area contributed by atoms with Crippen LogP contribution in [0.15, 0.2) is 17.5 Å². The number of rotatable bonds is 9. The zero-order chi connectivity index (χ0) is 11.6. The van der Waals surface area contributed by atoms with Gasteiger partial charge in [-0.1, -0.05) is 13.0 Å². The van der Waals surface area contributed by atoms with Crippen LogP contribution in [-0.4, -0.2) is 29.8 Å². The van der Waals surface area contributed by atoms with Gasteiger partial charge in [0, 0.05) is 29.8 Å². The molecule has 1 atom stereocenters. The second-order valence-corrected chi connectivity index (χ2v) is 5.82. The van der Waals surface area contributed by atoms with Gasteiger partial charge in [-0.2, -0.15) is 11.8 Å². The molecule has 4 heteroatoms. The smallest absolute Gasteiger partial charge is 0.0438 e. The Morgan fingerprint density at radius 2 is 2.38 bits per heavy atom. The quantitative estimate of drug-likeness (QED) is 0.669. The largest absolute Gasteiger partial charge is 0.396 e. The molecule has 0 saturated heterocycles. The van der Waals surface area contributed by atoms with E-state index < -0.39 is 0 Å². The number of thiophene rings is 1. The van der Waals surface area contributed by atoms with E-state index in [1.807, 2.05) is 23.1 Å². The van der Waals surface area contributed by atoms with Gasteiger partial charge in [-0.25, -0.2) is 0 Å².